The molecule has 10 nitrogen and oxygen atoms in total. The number of nitrogens with one attached hydrogen (secondary N) is 1. The van der Waals surface area contributed by atoms with Crippen LogP contribution in [0.4, 0.5) is 25.8 Å². The number of rotatable bonds is 6. The highest BCUT2D eigenvalue weighted by Crippen LogP contribution is 2.33. The molecule has 1 aliphatic rings. The van der Waals surface area contributed by atoms with Crippen LogP contribution >= 0.6 is 11.8 Å². The summed E-state index contributed by atoms with van der Waals surface area (Å²) in [5.74, 6) is -3.24. The molecule has 13 heteroatoms. The maximum atomic E-state index is 13.0. The van der Waals surface area contributed by atoms with Crippen LogP contribution in [-0.4, -0.2) is 50.0 Å². The number of benzene rings is 2. The molecule has 2 aromatic carbocycles. The highest BCUT2D eigenvalue weighted by Gasteiger charge is 2.43. The average Bonchev–Trinajstić information content (AvgIpc) is 3.11. The number of carbonyl (C=O) groups is 1. The van der Waals surface area contributed by atoms with Gasteiger partial charge in [0.05, 0.1) is 23.6 Å². The molecule has 1 aromatic heterocycles. The molecule has 1 saturated heterocycles. The van der Waals surface area contributed by atoms with Crippen LogP contribution in [0.5, 0.6) is 0 Å². The molecule has 0 saturated carbocycles. The third kappa shape index (κ3) is 4.45. The van der Waals surface area contributed by atoms with Crippen molar-refractivity contribution in [3.05, 3.63) is 58.1 Å². The van der Waals surface area contributed by atoms with Gasteiger partial charge in [0, 0.05) is 35.5 Å². The number of hydrogen-bond acceptors (Lipinski definition) is 8. The van der Waals surface area contributed by atoms with E-state index < -0.39 is 16.8 Å². The standard InChI is InChI=1S/C18H15F2N7O3S/c1-25-17(22-23-24-25)31-15-7-6-13(27(29)30)8-14(15)16(28)21-11-2-4-12(5-3-11)26-9-18(19,20)10-26/h2-8H,9-10H2,1H3,(H,21,28). The van der Waals surface area contributed by atoms with E-state index in [0.29, 0.717) is 21.4 Å². The van der Waals surface area contributed by atoms with Gasteiger partial charge < -0.3 is 10.2 Å². The summed E-state index contributed by atoms with van der Waals surface area (Å²) in [6.07, 6.45) is 0. The number of aromatic nitrogens is 4. The second-order valence-corrected chi connectivity index (χ2v) is 7.85. The van der Waals surface area contributed by atoms with E-state index in [1.54, 1.807) is 31.3 Å². The third-order valence-electron chi connectivity index (χ3n) is 4.54. The summed E-state index contributed by atoms with van der Waals surface area (Å²) in [6, 6.07) is 10.3. The van der Waals surface area contributed by atoms with E-state index in [1.165, 1.54) is 27.8 Å². The van der Waals surface area contributed by atoms with Crippen LogP contribution in [-0.2, 0) is 7.05 Å². The Morgan fingerprint density at radius 3 is 2.52 bits per heavy atom. The number of nitrogens with zero attached hydrogens (tertiary/aromatic N) is 6. The lowest BCUT2D eigenvalue weighted by molar-refractivity contribution is -0.384. The Hall–Kier alpha value is -3.61. The van der Waals surface area contributed by atoms with Crippen molar-refractivity contribution in [1.29, 1.82) is 0 Å². The fourth-order valence-electron chi connectivity index (χ4n) is 2.95. The zero-order valence-corrected chi connectivity index (χ0v) is 16.8. The van der Waals surface area contributed by atoms with Crippen LogP contribution in [0, 0.1) is 10.1 Å². The van der Waals surface area contributed by atoms with E-state index in [-0.39, 0.29) is 24.3 Å². The van der Waals surface area contributed by atoms with Crippen LogP contribution in [0.3, 0.4) is 0 Å². The third-order valence-corrected chi connectivity index (χ3v) is 5.64. The lowest BCUT2D eigenvalue weighted by atomic mass is 10.1. The molecule has 1 amide bonds. The van der Waals surface area contributed by atoms with Crippen LogP contribution in [0.15, 0.2) is 52.5 Å². The molecule has 0 radical (unpaired) electrons. The summed E-state index contributed by atoms with van der Waals surface area (Å²) < 4.78 is 27.5. The van der Waals surface area contributed by atoms with Gasteiger partial charge in [0.25, 0.3) is 17.5 Å². The monoisotopic (exact) mass is 447 g/mol. The van der Waals surface area contributed by atoms with Gasteiger partial charge >= 0.3 is 0 Å². The molecule has 160 valence electrons. The van der Waals surface area contributed by atoms with Gasteiger partial charge in [0.2, 0.25) is 5.16 Å². The molecule has 1 aliphatic heterocycles. The van der Waals surface area contributed by atoms with Crippen molar-refractivity contribution >= 4 is 34.7 Å². The summed E-state index contributed by atoms with van der Waals surface area (Å²) in [4.78, 5) is 25.4. The molecular weight excluding hydrogens is 432 g/mol. The lowest BCUT2D eigenvalue weighted by Crippen LogP contribution is -2.56. The van der Waals surface area contributed by atoms with E-state index in [0.717, 1.165) is 11.8 Å². The van der Waals surface area contributed by atoms with Gasteiger partial charge in [-0.05, 0) is 52.5 Å². The van der Waals surface area contributed by atoms with E-state index >= 15 is 0 Å². The summed E-state index contributed by atoms with van der Waals surface area (Å²) in [5.41, 5.74) is 0.877. The number of hydrogen-bond donors (Lipinski definition) is 1. The fourth-order valence-corrected chi connectivity index (χ4v) is 3.79. The van der Waals surface area contributed by atoms with Crippen molar-refractivity contribution in [2.24, 2.45) is 7.05 Å². The first-order chi connectivity index (χ1) is 14.7. The quantitative estimate of drug-likeness (QED) is 0.453. The number of anilines is 2. The van der Waals surface area contributed by atoms with Gasteiger partial charge in [-0.2, -0.15) is 0 Å². The van der Waals surface area contributed by atoms with Crippen LogP contribution in [0.2, 0.25) is 0 Å². The maximum absolute atomic E-state index is 13.0. The van der Waals surface area contributed by atoms with E-state index in [1.807, 2.05) is 0 Å². The molecule has 1 fully saturated rings. The van der Waals surface area contributed by atoms with Gasteiger partial charge in [-0.1, -0.05) is 0 Å². The maximum Gasteiger partial charge on any atom is 0.282 e. The van der Waals surface area contributed by atoms with Crippen LogP contribution in [0.25, 0.3) is 0 Å². The number of amides is 1. The molecule has 0 aliphatic carbocycles. The number of carbonyl (C=O) groups excluding carboxylic acids is 1. The summed E-state index contributed by atoms with van der Waals surface area (Å²) in [5, 5.41) is 25.3. The second kappa shape index (κ2) is 7.91. The number of nitro groups is 1. The van der Waals surface area contributed by atoms with Crippen molar-refractivity contribution in [3.8, 4) is 0 Å². The van der Waals surface area contributed by atoms with Crippen molar-refractivity contribution in [2.75, 3.05) is 23.3 Å². The Morgan fingerprint density at radius 2 is 1.94 bits per heavy atom. The van der Waals surface area contributed by atoms with Crippen LogP contribution in [0.1, 0.15) is 10.4 Å². The first-order valence-electron chi connectivity index (χ1n) is 8.95. The van der Waals surface area contributed by atoms with Gasteiger partial charge in [0.15, 0.2) is 0 Å². The second-order valence-electron chi connectivity index (χ2n) is 6.84. The molecule has 0 atom stereocenters. The van der Waals surface area contributed by atoms with E-state index in [9.17, 15) is 23.7 Å². The van der Waals surface area contributed by atoms with E-state index in [4.69, 9.17) is 0 Å². The molecule has 1 N–H and O–H groups in total. The minimum Gasteiger partial charge on any atom is -0.359 e. The summed E-state index contributed by atoms with van der Waals surface area (Å²) in [6.45, 7) is -0.687. The zero-order valence-electron chi connectivity index (χ0n) is 16.0. The number of nitro benzene ring substituents is 1. The lowest BCUT2D eigenvalue weighted by Gasteiger charge is -2.40. The number of tetrazole rings is 1. The first kappa shape index (κ1) is 20.7. The van der Waals surface area contributed by atoms with E-state index in [2.05, 4.69) is 20.8 Å². The first-order valence-corrected chi connectivity index (χ1v) is 9.76. The number of alkyl halides is 2. The summed E-state index contributed by atoms with van der Waals surface area (Å²) >= 11 is 1.09. The largest absolute Gasteiger partial charge is 0.359 e. The van der Waals surface area contributed by atoms with Crippen LogP contribution < -0.4 is 10.2 Å². The number of non-ortho nitro benzene ring substituents is 1. The molecule has 0 spiro atoms. The van der Waals surface area contributed by atoms with Crippen molar-refractivity contribution in [2.45, 2.75) is 16.0 Å². The SMILES string of the molecule is Cn1nnnc1Sc1ccc([N+](=O)[O-])cc1C(=O)Nc1ccc(N2CC(F)(F)C2)cc1. The highest BCUT2D eigenvalue weighted by atomic mass is 32.2. The van der Waals surface area contributed by atoms with Crippen molar-refractivity contribution in [3.63, 3.8) is 0 Å². The average molecular weight is 447 g/mol. The predicted octanol–water partition coefficient (Wildman–Crippen LogP) is 2.98. The summed E-state index contributed by atoms with van der Waals surface area (Å²) in [7, 11) is 1.63. The molecule has 4 rings (SSSR count). The Morgan fingerprint density at radius 1 is 1.23 bits per heavy atom. The molecule has 3 aromatic rings. The molecular formula is C18H15F2N7O3S. The Labute approximate surface area is 178 Å². The fraction of sp³-hybridized carbons (Fsp3) is 0.222. The Bertz CT molecular complexity index is 1150. The van der Waals surface area contributed by atoms with Gasteiger partial charge in [-0.25, -0.2) is 13.5 Å². The predicted molar refractivity (Wildman–Crippen MR) is 108 cm³/mol. The molecule has 0 bridgehead atoms. The highest BCUT2D eigenvalue weighted by molar-refractivity contribution is 7.99. The smallest absolute Gasteiger partial charge is 0.282 e. The molecule has 31 heavy (non-hydrogen) atoms. The Kier molecular flexibility index (Phi) is 5.27. The van der Waals surface area contributed by atoms with Crippen molar-refractivity contribution < 1.29 is 18.5 Å². The topological polar surface area (TPSA) is 119 Å². The van der Waals surface area contributed by atoms with Gasteiger partial charge in [-0.15, -0.1) is 5.10 Å². The minimum atomic E-state index is -2.68. The minimum absolute atomic E-state index is 0.0775. The molecule has 2 heterocycles. The zero-order chi connectivity index (χ0) is 22.2. The van der Waals surface area contributed by atoms with Gasteiger partial charge in [0.1, 0.15) is 0 Å². The normalized spacial score (nSPS) is 14.7. The van der Waals surface area contributed by atoms with Gasteiger partial charge in [-0.3, -0.25) is 14.9 Å². The van der Waals surface area contributed by atoms with Crippen molar-refractivity contribution in [1.82, 2.24) is 20.2 Å². The molecule has 0 unspecified atom stereocenters. The number of aryl methyl sites for hydroxylation is 1. The number of halogens is 2. The Balaban J connectivity index is 1.54.